The Hall–Kier alpha value is -2.26. The van der Waals surface area contributed by atoms with E-state index in [4.69, 9.17) is 16.3 Å². The van der Waals surface area contributed by atoms with E-state index in [0.717, 1.165) is 6.42 Å². The Bertz CT molecular complexity index is 768. The number of ether oxygens (including phenoxy) is 1. The van der Waals surface area contributed by atoms with Crippen LogP contribution in [-0.2, 0) is 18.4 Å². The van der Waals surface area contributed by atoms with Crippen LogP contribution < -0.4 is 15.4 Å². The van der Waals surface area contributed by atoms with Crippen LogP contribution in [0.4, 0.5) is 4.79 Å². The van der Waals surface area contributed by atoms with E-state index in [1.54, 1.807) is 23.7 Å². The molecule has 0 spiro atoms. The average molecular weight is 398 g/mol. The lowest BCUT2D eigenvalue weighted by Crippen LogP contribution is -2.40. The average Bonchev–Trinajstić information content (AvgIpc) is 2.97. The number of aromatic nitrogens is 3. The number of carbonyl (C=O) groups excluding carboxylic acids is 2. The monoisotopic (exact) mass is 397 g/mol. The second-order valence-corrected chi connectivity index (χ2v) is 6.62. The molecule has 0 aliphatic rings. The molecule has 0 unspecified atom stereocenters. The molecule has 1 heterocycles. The summed E-state index contributed by atoms with van der Waals surface area (Å²) in [6.45, 7) is 2.64. The number of rotatable bonds is 8. The molecule has 0 aliphatic carbocycles. The Morgan fingerprint density at radius 2 is 2.08 bits per heavy atom. The van der Waals surface area contributed by atoms with Gasteiger partial charge >= 0.3 is 6.03 Å². The molecule has 2 aromatic rings. The predicted octanol–water partition coefficient (Wildman–Crippen LogP) is 2.38. The van der Waals surface area contributed by atoms with Gasteiger partial charge in [0.2, 0.25) is 5.91 Å². The smallest absolute Gasteiger partial charge is 0.321 e. The predicted molar refractivity (Wildman–Crippen MR) is 99.3 cm³/mol. The maximum atomic E-state index is 11.8. The number of nitrogens with zero attached hydrogens (tertiary/aromatic N) is 3. The first-order valence-electron chi connectivity index (χ1n) is 7.97. The molecule has 0 atom stereocenters. The highest BCUT2D eigenvalue weighted by Gasteiger charge is 2.13. The topological polar surface area (TPSA) is 98.1 Å². The molecular formula is C16H20ClN5O3S. The van der Waals surface area contributed by atoms with Crippen molar-refractivity contribution in [2.45, 2.75) is 25.1 Å². The normalized spacial score (nSPS) is 10.4. The van der Waals surface area contributed by atoms with Gasteiger partial charge in [-0.1, -0.05) is 42.4 Å². The van der Waals surface area contributed by atoms with Crippen molar-refractivity contribution in [3.05, 3.63) is 35.1 Å². The highest BCUT2D eigenvalue weighted by molar-refractivity contribution is 7.99. The largest absolute Gasteiger partial charge is 0.484 e. The molecule has 10 heteroatoms. The molecule has 1 aromatic carbocycles. The summed E-state index contributed by atoms with van der Waals surface area (Å²) in [5.74, 6) is 0.800. The van der Waals surface area contributed by atoms with Gasteiger partial charge in [0.05, 0.1) is 10.8 Å². The van der Waals surface area contributed by atoms with Crippen molar-refractivity contribution in [3.8, 4) is 5.75 Å². The number of hydrogen-bond acceptors (Lipinski definition) is 6. The number of urea groups is 1. The SMILES string of the molecule is CCCNC(=O)NC(=O)CSc1nnc(COc2ccccc2Cl)n1C. The van der Waals surface area contributed by atoms with Gasteiger partial charge in [-0.2, -0.15) is 0 Å². The number of halogens is 1. The second-order valence-electron chi connectivity index (χ2n) is 5.27. The molecule has 140 valence electrons. The summed E-state index contributed by atoms with van der Waals surface area (Å²) in [6, 6.07) is 6.66. The molecule has 8 nitrogen and oxygen atoms in total. The maximum Gasteiger partial charge on any atom is 0.321 e. The van der Waals surface area contributed by atoms with E-state index in [1.165, 1.54) is 11.8 Å². The fourth-order valence-corrected chi connectivity index (χ4v) is 2.80. The van der Waals surface area contributed by atoms with E-state index in [2.05, 4.69) is 20.8 Å². The van der Waals surface area contributed by atoms with E-state index in [9.17, 15) is 9.59 Å². The van der Waals surface area contributed by atoms with Crippen LogP contribution in [0.1, 0.15) is 19.2 Å². The van der Waals surface area contributed by atoms with E-state index in [1.807, 2.05) is 19.1 Å². The first-order valence-corrected chi connectivity index (χ1v) is 9.33. The molecule has 3 amide bonds. The van der Waals surface area contributed by atoms with Gasteiger partial charge in [-0.15, -0.1) is 10.2 Å². The lowest BCUT2D eigenvalue weighted by molar-refractivity contribution is -0.117. The van der Waals surface area contributed by atoms with Crippen LogP contribution in [0.5, 0.6) is 5.75 Å². The highest BCUT2D eigenvalue weighted by atomic mass is 35.5. The Balaban J connectivity index is 1.83. The molecule has 1 aromatic heterocycles. The minimum Gasteiger partial charge on any atom is -0.484 e. The van der Waals surface area contributed by atoms with E-state index >= 15 is 0 Å². The molecule has 0 bridgehead atoms. The van der Waals surface area contributed by atoms with Crippen molar-refractivity contribution >= 4 is 35.3 Å². The van der Waals surface area contributed by atoms with Gasteiger partial charge < -0.3 is 14.6 Å². The first kappa shape index (κ1) is 20.1. The van der Waals surface area contributed by atoms with Crippen LogP contribution in [0.3, 0.4) is 0 Å². The summed E-state index contributed by atoms with van der Waals surface area (Å²) in [7, 11) is 1.78. The third-order valence-corrected chi connectivity index (χ3v) is 4.57. The van der Waals surface area contributed by atoms with Gasteiger partial charge in [0.25, 0.3) is 0 Å². The molecule has 0 fully saturated rings. The Kier molecular flexibility index (Phi) is 7.73. The fraction of sp³-hybridized carbons (Fsp3) is 0.375. The minimum atomic E-state index is -0.496. The van der Waals surface area contributed by atoms with Crippen LogP contribution in [0, 0.1) is 0 Å². The zero-order valence-electron chi connectivity index (χ0n) is 14.5. The van der Waals surface area contributed by atoms with Crippen molar-refractivity contribution in [1.29, 1.82) is 0 Å². The lowest BCUT2D eigenvalue weighted by Gasteiger charge is -2.08. The van der Waals surface area contributed by atoms with Crippen LogP contribution in [0.25, 0.3) is 0 Å². The third-order valence-electron chi connectivity index (χ3n) is 3.24. The van der Waals surface area contributed by atoms with Crippen LogP contribution >= 0.6 is 23.4 Å². The summed E-state index contributed by atoms with van der Waals surface area (Å²) in [6.07, 6.45) is 0.800. The lowest BCUT2D eigenvalue weighted by atomic mass is 10.3. The summed E-state index contributed by atoms with van der Waals surface area (Å²) in [4.78, 5) is 23.2. The number of benzene rings is 1. The molecule has 0 aliphatic heterocycles. The van der Waals surface area contributed by atoms with Gasteiger partial charge in [0.1, 0.15) is 12.4 Å². The summed E-state index contributed by atoms with van der Waals surface area (Å²) >= 11 is 7.23. The Morgan fingerprint density at radius 1 is 1.31 bits per heavy atom. The molecule has 26 heavy (non-hydrogen) atoms. The van der Waals surface area contributed by atoms with Gasteiger partial charge in [-0.3, -0.25) is 10.1 Å². The van der Waals surface area contributed by atoms with Crippen molar-refractivity contribution in [3.63, 3.8) is 0 Å². The number of thioether (sulfide) groups is 1. The van der Waals surface area contributed by atoms with Crippen molar-refractivity contribution in [2.24, 2.45) is 7.05 Å². The number of imide groups is 1. The van der Waals surface area contributed by atoms with E-state index < -0.39 is 11.9 Å². The zero-order chi connectivity index (χ0) is 18.9. The van der Waals surface area contributed by atoms with Gasteiger partial charge in [0.15, 0.2) is 11.0 Å². The summed E-state index contributed by atoms with van der Waals surface area (Å²) in [5.41, 5.74) is 0. The van der Waals surface area contributed by atoms with Gasteiger partial charge in [0, 0.05) is 13.6 Å². The fourth-order valence-electron chi connectivity index (χ4n) is 1.88. The molecule has 2 N–H and O–H groups in total. The molecule has 0 saturated heterocycles. The quantitative estimate of drug-likeness (QED) is 0.663. The van der Waals surface area contributed by atoms with Crippen LogP contribution in [0.2, 0.25) is 5.02 Å². The second kappa shape index (κ2) is 10.0. The van der Waals surface area contributed by atoms with Crippen molar-refractivity contribution < 1.29 is 14.3 Å². The molecule has 2 rings (SSSR count). The molecule has 0 radical (unpaired) electrons. The van der Waals surface area contributed by atoms with Crippen LogP contribution in [-0.4, -0.2) is 39.0 Å². The summed E-state index contributed by atoms with van der Waals surface area (Å²) in [5, 5.41) is 14.0. The number of nitrogens with one attached hydrogen (secondary N) is 2. The maximum absolute atomic E-state index is 11.8. The van der Waals surface area contributed by atoms with E-state index in [0.29, 0.717) is 28.3 Å². The van der Waals surface area contributed by atoms with Gasteiger partial charge in [-0.05, 0) is 18.6 Å². The van der Waals surface area contributed by atoms with Crippen molar-refractivity contribution in [2.75, 3.05) is 12.3 Å². The zero-order valence-corrected chi connectivity index (χ0v) is 16.1. The summed E-state index contributed by atoms with van der Waals surface area (Å²) < 4.78 is 7.36. The number of hydrogen-bond donors (Lipinski definition) is 2. The number of para-hydroxylation sites is 1. The van der Waals surface area contributed by atoms with E-state index in [-0.39, 0.29) is 12.4 Å². The Morgan fingerprint density at radius 3 is 2.81 bits per heavy atom. The first-order chi connectivity index (χ1) is 12.5. The molecule has 0 saturated carbocycles. The highest BCUT2D eigenvalue weighted by Crippen LogP contribution is 2.24. The Labute approximate surface area is 160 Å². The molecular weight excluding hydrogens is 378 g/mol. The number of amides is 3. The van der Waals surface area contributed by atoms with Crippen molar-refractivity contribution in [1.82, 2.24) is 25.4 Å². The third kappa shape index (κ3) is 5.92. The van der Waals surface area contributed by atoms with Crippen LogP contribution in [0.15, 0.2) is 29.4 Å². The minimum absolute atomic E-state index is 0.0525. The number of carbonyl (C=O) groups is 2. The standard InChI is InChI=1S/C16H20ClN5O3S/c1-3-8-18-15(24)19-14(23)10-26-16-21-20-13(22(16)2)9-25-12-7-5-4-6-11(12)17/h4-7H,3,8-10H2,1-2H3,(H2,18,19,23,24). The van der Waals surface area contributed by atoms with Gasteiger partial charge in [-0.25, -0.2) is 4.79 Å².